The van der Waals surface area contributed by atoms with Crippen molar-refractivity contribution in [2.24, 2.45) is 0 Å². The van der Waals surface area contributed by atoms with Crippen LogP contribution in [0.25, 0.3) is 10.9 Å². The highest BCUT2D eigenvalue weighted by Crippen LogP contribution is 2.21. The van der Waals surface area contributed by atoms with Gasteiger partial charge in [0.05, 0.1) is 6.61 Å². The van der Waals surface area contributed by atoms with Crippen molar-refractivity contribution in [1.29, 1.82) is 0 Å². The number of hydrogen-bond donors (Lipinski definition) is 3. The number of benzene rings is 1. The van der Waals surface area contributed by atoms with Crippen molar-refractivity contribution in [3.8, 4) is 0 Å². The molecule has 1 saturated heterocycles. The monoisotopic (exact) mass is 358 g/mol. The molecule has 2 aromatic rings. The number of urea groups is 1. The van der Waals surface area contributed by atoms with E-state index in [4.69, 9.17) is 4.74 Å². The highest BCUT2D eigenvalue weighted by atomic mass is 16.5. The van der Waals surface area contributed by atoms with E-state index in [1.807, 2.05) is 30.5 Å². The van der Waals surface area contributed by atoms with Crippen LogP contribution in [0.1, 0.15) is 12.5 Å². The molecule has 3 rings (SSSR count). The first kappa shape index (κ1) is 17.9. The Bertz CT molecular complexity index is 831. The summed E-state index contributed by atoms with van der Waals surface area (Å²) in [5.74, 6) is -0.791. The van der Waals surface area contributed by atoms with Crippen molar-refractivity contribution in [3.63, 3.8) is 0 Å². The fourth-order valence-corrected chi connectivity index (χ4v) is 3.14. The Morgan fingerprint density at radius 1 is 1.35 bits per heavy atom. The molecule has 0 aliphatic carbocycles. The Morgan fingerprint density at radius 2 is 2.12 bits per heavy atom. The molecule has 8 nitrogen and oxygen atoms in total. The molecule has 2 atom stereocenters. The summed E-state index contributed by atoms with van der Waals surface area (Å²) in [6.45, 7) is 1.84. The van der Waals surface area contributed by atoms with Gasteiger partial charge in [0.1, 0.15) is 12.6 Å². The van der Waals surface area contributed by atoms with Gasteiger partial charge in [-0.25, -0.2) is 4.79 Å². The van der Waals surface area contributed by atoms with E-state index < -0.39 is 23.9 Å². The van der Waals surface area contributed by atoms with Gasteiger partial charge in [-0.1, -0.05) is 18.2 Å². The minimum atomic E-state index is -0.675. The SMILES string of the molecule is COC[C@@H](C)NC(=O)CN1C(=O)N[C@H](Cc2c[nH]c3ccccc23)C1=O. The number of amides is 4. The summed E-state index contributed by atoms with van der Waals surface area (Å²) in [7, 11) is 1.54. The molecule has 0 unspecified atom stereocenters. The highest BCUT2D eigenvalue weighted by Gasteiger charge is 2.39. The van der Waals surface area contributed by atoms with E-state index in [1.54, 1.807) is 6.92 Å². The Balaban J connectivity index is 1.64. The number of ether oxygens (including phenoxy) is 1. The van der Waals surface area contributed by atoms with Crippen molar-refractivity contribution < 1.29 is 19.1 Å². The van der Waals surface area contributed by atoms with Crippen LogP contribution in [0.2, 0.25) is 0 Å². The zero-order valence-corrected chi connectivity index (χ0v) is 14.7. The smallest absolute Gasteiger partial charge is 0.325 e. The van der Waals surface area contributed by atoms with E-state index >= 15 is 0 Å². The Hall–Kier alpha value is -2.87. The molecule has 138 valence electrons. The third kappa shape index (κ3) is 3.70. The summed E-state index contributed by atoms with van der Waals surface area (Å²) >= 11 is 0. The molecule has 3 N–H and O–H groups in total. The van der Waals surface area contributed by atoms with Crippen LogP contribution < -0.4 is 10.6 Å². The second-order valence-electron chi connectivity index (χ2n) is 6.41. The number of carbonyl (C=O) groups excluding carboxylic acids is 3. The number of methoxy groups -OCH3 is 1. The van der Waals surface area contributed by atoms with Gasteiger partial charge < -0.3 is 20.4 Å². The second-order valence-corrected chi connectivity index (χ2v) is 6.41. The molecule has 1 fully saturated rings. The average molecular weight is 358 g/mol. The maximum absolute atomic E-state index is 12.6. The number of carbonyl (C=O) groups is 3. The fraction of sp³-hybridized carbons (Fsp3) is 0.389. The molecule has 2 heterocycles. The number of rotatable bonds is 7. The number of imide groups is 1. The van der Waals surface area contributed by atoms with Gasteiger partial charge in [-0.05, 0) is 18.6 Å². The van der Waals surface area contributed by atoms with Crippen LogP contribution >= 0.6 is 0 Å². The molecular formula is C18H22N4O4. The summed E-state index contributed by atoms with van der Waals surface area (Å²) in [5, 5.41) is 6.36. The fourth-order valence-electron chi connectivity index (χ4n) is 3.14. The van der Waals surface area contributed by atoms with Crippen molar-refractivity contribution >= 4 is 28.7 Å². The van der Waals surface area contributed by atoms with Gasteiger partial charge in [0.25, 0.3) is 5.91 Å². The molecule has 8 heteroatoms. The van der Waals surface area contributed by atoms with Gasteiger partial charge in [0, 0.05) is 36.7 Å². The van der Waals surface area contributed by atoms with Crippen LogP contribution in [0.5, 0.6) is 0 Å². The lowest BCUT2D eigenvalue weighted by Gasteiger charge is -2.16. The molecule has 0 radical (unpaired) electrons. The average Bonchev–Trinajstić information content (AvgIpc) is 3.12. The molecule has 1 aliphatic heterocycles. The van der Waals surface area contributed by atoms with Crippen LogP contribution in [0.3, 0.4) is 0 Å². The third-order valence-electron chi connectivity index (χ3n) is 4.33. The van der Waals surface area contributed by atoms with Crippen LogP contribution in [0.15, 0.2) is 30.5 Å². The number of aromatic amines is 1. The zero-order valence-electron chi connectivity index (χ0n) is 14.7. The number of nitrogens with zero attached hydrogens (tertiary/aromatic N) is 1. The predicted molar refractivity (Wildman–Crippen MR) is 95.5 cm³/mol. The number of nitrogens with one attached hydrogen (secondary N) is 3. The largest absolute Gasteiger partial charge is 0.383 e. The summed E-state index contributed by atoms with van der Waals surface area (Å²) in [6, 6.07) is 6.34. The van der Waals surface area contributed by atoms with E-state index in [-0.39, 0.29) is 12.6 Å². The van der Waals surface area contributed by atoms with Gasteiger partial charge >= 0.3 is 6.03 Å². The molecule has 0 saturated carbocycles. The zero-order chi connectivity index (χ0) is 18.7. The standard InChI is InChI=1S/C18H22N4O4/c1-11(10-26-2)20-16(23)9-22-17(24)15(21-18(22)25)7-12-8-19-14-6-4-3-5-13(12)14/h3-6,8,11,15,19H,7,9-10H2,1-2H3,(H,20,23)(H,21,25)/t11-,15-/m1/s1. The van der Waals surface area contributed by atoms with Crippen molar-refractivity contribution in [1.82, 2.24) is 20.5 Å². The first-order valence-electron chi connectivity index (χ1n) is 8.44. The normalized spacial score (nSPS) is 18.2. The molecule has 0 bridgehead atoms. The number of H-pyrrole nitrogens is 1. The lowest BCUT2D eigenvalue weighted by Crippen LogP contribution is -2.45. The first-order chi connectivity index (χ1) is 12.5. The van der Waals surface area contributed by atoms with E-state index in [9.17, 15) is 14.4 Å². The van der Waals surface area contributed by atoms with E-state index in [0.29, 0.717) is 13.0 Å². The van der Waals surface area contributed by atoms with E-state index in [1.165, 1.54) is 7.11 Å². The van der Waals surface area contributed by atoms with Gasteiger partial charge in [0.15, 0.2) is 0 Å². The van der Waals surface area contributed by atoms with Crippen molar-refractivity contribution in [3.05, 3.63) is 36.0 Å². The van der Waals surface area contributed by atoms with Gasteiger partial charge in [-0.3, -0.25) is 14.5 Å². The van der Waals surface area contributed by atoms with E-state index in [0.717, 1.165) is 21.4 Å². The summed E-state index contributed by atoms with van der Waals surface area (Å²) in [6.07, 6.45) is 2.21. The minimum absolute atomic E-state index is 0.199. The second kappa shape index (κ2) is 7.57. The maximum Gasteiger partial charge on any atom is 0.325 e. The molecule has 1 aliphatic rings. The van der Waals surface area contributed by atoms with Crippen molar-refractivity contribution in [2.45, 2.75) is 25.4 Å². The molecule has 1 aromatic carbocycles. The van der Waals surface area contributed by atoms with Crippen LogP contribution in [0.4, 0.5) is 4.79 Å². The topological polar surface area (TPSA) is 104 Å². The maximum atomic E-state index is 12.6. The first-order valence-corrected chi connectivity index (χ1v) is 8.44. The minimum Gasteiger partial charge on any atom is -0.383 e. The van der Waals surface area contributed by atoms with Gasteiger partial charge in [-0.2, -0.15) is 0 Å². The summed E-state index contributed by atoms with van der Waals surface area (Å²) < 4.78 is 4.95. The Labute approximate surface area is 150 Å². The number of hydrogen-bond acceptors (Lipinski definition) is 4. The van der Waals surface area contributed by atoms with E-state index in [2.05, 4.69) is 15.6 Å². The van der Waals surface area contributed by atoms with Gasteiger partial charge in [-0.15, -0.1) is 0 Å². The molecular weight excluding hydrogens is 336 g/mol. The predicted octanol–water partition coefficient (Wildman–Crippen LogP) is 0.782. The lowest BCUT2D eigenvalue weighted by molar-refractivity contribution is -0.132. The quantitative estimate of drug-likeness (QED) is 0.636. The van der Waals surface area contributed by atoms with Crippen molar-refractivity contribution in [2.75, 3.05) is 20.3 Å². The molecule has 26 heavy (non-hydrogen) atoms. The Morgan fingerprint density at radius 3 is 2.88 bits per heavy atom. The summed E-state index contributed by atoms with van der Waals surface area (Å²) in [5.41, 5.74) is 1.92. The molecule has 4 amide bonds. The summed E-state index contributed by atoms with van der Waals surface area (Å²) in [4.78, 5) is 40.8. The third-order valence-corrected chi connectivity index (χ3v) is 4.33. The van der Waals surface area contributed by atoms with Gasteiger partial charge in [0.2, 0.25) is 5.91 Å². The van der Waals surface area contributed by atoms with Crippen LogP contribution in [-0.2, 0) is 20.7 Å². The van der Waals surface area contributed by atoms with Crippen LogP contribution in [0, 0.1) is 0 Å². The number of fused-ring (bicyclic) bond motifs is 1. The Kier molecular flexibility index (Phi) is 5.22. The molecule has 0 spiro atoms. The van der Waals surface area contributed by atoms with Crippen LogP contribution in [-0.4, -0.2) is 60.1 Å². The number of aromatic nitrogens is 1. The number of para-hydroxylation sites is 1. The molecule has 1 aromatic heterocycles. The lowest BCUT2D eigenvalue weighted by atomic mass is 10.1. The highest BCUT2D eigenvalue weighted by molar-refractivity contribution is 6.06.